The van der Waals surface area contributed by atoms with Crippen molar-refractivity contribution in [1.82, 2.24) is 15.2 Å². The lowest BCUT2D eigenvalue weighted by Gasteiger charge is -2.23. The second-order valence-electron chi connectivity index (χ2n) is 7.42. The Balaban J connectivity index is 1.54. The summed E-state index contributed by atoms with van der Waals surface area (Å²) in [5, 5.41) is 4.88. The van der Waals surface area contributed by atoms with E-state index in [0.717, 1.165) is 60.4 Å². The normalized spacial score (nSPS) is 20.3. The number of amides is 1. The van der Waals surface area contributed by atoms with Crippen LogP contribution in [0, 0.1) is 0 Å². The number of benzene rings is 1. The summed E-state index contributed by atoms with van der Waals surface area (Å²) in [6.07, 6.45) is 6.71. The van der Waals surface area contributed by atoms with Gasteiger partial charge in [0.2, 0.25) is 0 Å². The van der Waals surface area contributed by atoms with Crippen LogP contribution in [0.15, 0.2) is 18.2 Å². The molecule has 2 aromatic rings. The Bertz CT molecular complexity index is 836. The number of nitrogens with one attached hydrogen (secondary N) is 1. The number of likely N-dealkylation sites (N-methyl/N-ethyl adjacent to an activating group) is 1. The molecule has 1 amide bonds. The number of pyridine rings is 1. The van der Waals surface area contributed by atoms with E-state index in [-0.39, 0.29) is 5.91 Å². The lowest BCUT2D eigenvalue weighted by molar-refractivity contribution is 0.0941. The lowest BCUT2D eigenvalue weighted by atomic mass is 9.94. The minimum atomic E-state index is -0.0227. The average molecular weight is 372 g/mol. The van der Waals surface area contributed by atoms with Gasteiger partial charge in [-0.15, -0.1) is 0 Å². The first-order chi connectivity index (χ1) is 12.7. The SMILES string of the molecule is CCN1CCCC1CNC(=O)c1ccc2c(Cl)c3c(nc2c1)CCCC3. The van der Waals surface area contributed by atoms with Crippen LogP contribution in [0.5, 0.6) is 0 Å². The predicted octanol–water partition coefficient (Wildman–Crippen LogP) is 3.98. The van der Waals surface area contributed by atoms with Gasteiger partial charge in [-0.05, 0) is 69.3 Å². The van der Waals surface area contributed by atoms with Gasteiger partial charge >= 0.3 is 0 Å². The maximum atomic E-state index is 12.6. The molecule has 2 heterocycles. The fourth-order valence-electron chi connectivity index (χ4n) is 4.36. The molecule has 1 N–H and O–H groups in total. The Morgan fingerprint density at radius 2 is 2.15 bits per heavy atom. The van der Waals surface area contributed by atoms with Crippen molar-refractivity contribution in [1.29, 1.82) is 0 Å². The zero-order valence-corrected chi connectivity index (χ0v) is 16.1. The summed E-state index contributed by atoms with van der Waals surface area (Å²) in [6, 6.07) is 6.16. The fraction of sp³-hybridized carbons (Fsp3) is 0.524. The summed E-state index contributed by atoms with van der Waals surface area (Å²) >= 11 is 6.62. The summed E-state index contributed by atoms with van der Waals surface area (Å²) in [6.45, 7) is 5.08. The Labute approximate surface area is 159 Å². The number of aromatic nitrogens is 1. The van der Waals surface area contributed by atoms with Gasteiger partial charge in [-0.1, -0.05) is 24.6 Å². The topological polar surface area (TPSA) is 45.2 Å². The molecule has 1 aliphatic heterocycles. The second-order valence-corrected chi connectivity index (χ2v) is 7.80. The van der Waals surface area contributed by atoms with Crippen molar-refractivity contribution in [3.63, 3.8) is 0 Å². The molecule has 2 aliphatic rings. The number of rotatable bonds is 4. The quantitative estimate of drug-likeness (QED) is 0.884. The molecular formula is C21H26ClN3O. The standard InChI is InChI=1S/C21H26ClN3O/c1-2-25-11-5-6-15(25)13-23-21(26)14-9-10-17-19(12-14)24-18-8-4-3-7-16(18)20(17)22/h9-10,12,15H,2-8,11,13H2,1H3,(H,23,26). The van der Waals surface area contributed by atoms with E-state index in [1.54, 1.807) is 0 Å². The van der Waals surface area contributed by atoms with Gasteiger partial charge in [-0.3, -0.25) is 14.7 Å². The lowest BCUT2D eigenvalue weighted by Crippen LogP contribution is -2.40. The van der Waals surface area contributed by atoms with E-state index in [9.17, 15) is 4.79 Å². The molecule has 0 saturated carbocycles. The van der Waals surface area contributed by atoms with Crippen molar-refractivity contribution in [2.24, 2.45) is 0 Å². The minimum Gasteiger partial charge on any atom is -0.350 e. The predicted molar refractivity (Wildman–Crippen MR) is 106 cm³/mol. The van der Waals surface area contributed by atoms with Gasteiger partial charge in [0, 0.05) is 29.2 Å². The van der Waals surface area contributed by atoms with Gasteiger partial charge in [0.1, 0.15) is 0 Å². The Kier molecular flexibility index (Phi) is 5.14. The summed E-state index contributed by atoms with van der Waals surface area (Å²) in [4.78, 5) is 19.9. The van der Waals surface area contributed by atoms with Crippen LogP contribution in [-0.2, 0) is 12.8 Å². The van der Waals surface area contributed by atoms with Crippen molar-refractivity contribution < 1.29 is 4.79 Å². The summed E-state index contributed by atoms with van der Waals surface area (Å²) in [5.74, 6) is -0.0227. The molecule has 1 aromatic carbocycles. The number of hydrogen-bond donors (Lipinski definition) is 1. The highest BCUT2D eigenvalue weighted by Crippen LogP contribution is 2.33. The number of fused-ring (bicyclic) bond motifs is 2. The third-order valence-electron chi connectivity index (χ3n) is 5.86. The summed E-state index contributed by atoms with van der Waals surface area (Å²) in [7, 11) is 0. The Morgan fingerprint density at radius 1 is 1.31 bits per heavy atom. The number of halogens is 1. The zero-order valence-electron chi connectivity index (χ0n) is 15.4. The number of hydrogen-bond acceptors (Lipinski definition) is 3. The summed E-state index contributed by atoms with van der Waals surface area (Å²) < 4.78 is 0. The van der Waals surface area contributed by atoms with E-state index in [4.69, 9.17) is 16.6 Å². The van der Waals surface area contributed by atoms with Crippen LogP contribution in [0.1, 0.15) is 54.2 Å². The van der Waals surface area contributed by atoms with Gasteiger partial charge in [0.15, 0.2) is 0 Å². The van der Waals surface area contributed by atoms with Crippen molar-refractivity contribution in [3.05, 3.63) is 40.0 Å². The van der Waals surface area contributed by atoms with Crippen molar-refractivity contribution in [3.8, 4) is 0 Å². The maximum absolute atomic E-state index is 12.6. The largest absolute Gasteiger partial charge is 0.350 e. The molecule has 1 atom stereocenters. The number of carbonyl (C=O) groups excluding carboxylic acids is 1. The van der Waals surface area contributed by atoms with Gasteiger partial charge in [-0.25, -0.2) is 0 Å². The minimum absolute atomic E-state index is 0.0227. The number of carbonyl (C=O) groups is 1. The maximum Gasteiger partial charge on any atom is 0.251 e. The molecule has 0 radical (unpaired) electrons. The molecule has 26 heavy (non-hydrogen) atoms. The molecule has 4 nitrogen and oxygen atoms in total. The molecular weight excluding hydrogens is 346 g/mol. The first kappa shape index (κ1) is 17.7. The van der Waals surface area contributed by atoms with Crippen molar-refractivity contribution in [2.45, 2.75) is 51.5 Å². The van der Waals surface area contributed by atoms with Crippen molar-refractivity contribution in [2.75, 3.05) is 19.6 Å². The molecule has 5 heteroatoms. The van der Waals surface area contributed by atoms with Crippen LogP contribution >= 0.6 is 11.6 Å². The highest BCUT2D eigenvalue weighted by atomic mass is 35.5. The third-order valence-corrected chi connectivity index (χ3v) is 6.29. The second kappa shape index (κ2) is 7.53. The highest BCUT2D eigenvalue weighted by molar-refractivity contribution is 6.36. The molecule has 1 saturated heterocycles. The number of aryl methyl sites for hydroxylation is 1. The Hall–Kier alpha value is -1.65. The molecule has 0 bridgehead atoms. The van der Waals surface area contributed by atoms with Crippen LogP contribution in [-0.4, -0.2) is 41.5 Å². The number of likely N-dealkylation sites (tertiary alicyclic amines) is 1. The molecule has 138 valence electrons. The third kappa shape index (κ3) is 3.33. The van der Waals surface area contributed by atoms with Crippen LogP contribution in [0.25, 0.3) is 10.9 Å². The highest BCUT2D eigenvalue weighted by Gasteiger charge is 2.23. The van der Waals surface area contributed by atoms with Crippen LogP contribution in [0.4, 0.5) is 0 Å². The van der Waals surface area contributed by atoms with Gasteiger partial charge in [0.05, 0.1) is 10.5 Å². The van der Waals surface area contributed by atoms with Gasteiger partial charge in [-0.2, -0.15) is 0 Å². The summed E-state index contributed by atoms with van der Waals surface area (Å²) in [5.41, 5.74) is 3.80. The van der Waals surface area contributed by atoms with E-state index in [1.165, 1.54) is 18.4 Å². The zero-order chi connectivity index (χ0) is 18.1. The molecule has 1 fully saturated rings. The van der Waals surface area contributed by atoms with E-state index in [2.05, 4.69) is 17.1 Å². The van der Waals surface area contributed by atoms with E-state index in [1.807, 2.05) is 18.2 Å². The monoisotopic (exact) mass is 371 g/mol. The first-order valence-corrected chi connectivity index (χ1v) is 10.2. The van der Waals surface area contributed by atoms with Gasteiger partial charge in [0.25, 0.3) is 5.91 Å². The van der Waals surface area contributed by atoms with Crippen molar-refractivity contribution >= 4 is 28.4 Å². The van der Waals surface area contributed by atoms with E-state index in [0.29, 0.717) is 18.2 Å². The molecule has 0 spiro atoms. The van der Waals surface area contributed by atoms with Crippen LogP contribution < -0.4 is 5.32 Å². The smallest absolute Gasteiger partial charge is 0.251 e. The fourth-order valence-corrected chi connectivity index (χ4v) is 4.73. The van der Waals surface area contributed by atoms with Crippen LogP contribution in [0.3, 0.4) is 0 Å². The van der Waals surface area contributed by atoms with E-state index < -0.39 is 0 Å². The van der Waals surface area contributed by atoms with E-state index >= 15 is 0 Å². The van der Waals surface area contributed by atoms with Gasteiger partial charge < -0.3 is 5.32 Å². The first-order valence-electron chi connectivity index (χ1n) is 9.80. The Morgan fingerprint density at radius 3 is 3.00 bits per heavy atom. The number of nitrogens with zero attached hydrogens (tertiary/aromatic N) is 2. The molecule has 1 aliphatic carbocycles. The molecule has 1 unspecified atom stereocenters. The molecule has 4 rings (SSSR count). The average Bonchev–Trinajstić information content (AvgIpc) is 3.13. The van der Waals surface area contributed by atoms with Crippen LogP contribution in [0.2, 0.25) is 5.02 Å². The molecule has 1 aromatic heterocycles.